The molecule has 0 saturated heterocycles. The van der Waals surface area contributed by atoms with E-state index in [1.54, 1.807) is 0 Å². The summed E-state index contributed by atoms with van der Waals surface area (Å²) >= 11 is 0. The molecule has 1 unspecified atom stereocenters. The van der Waals surface area contributed by atoms with Gasteiger partial charge in [0.05, 0.1) is 5.54 Å². The van der Waals surface area contributed by atoms with E-state index in [9.17, 15) is 0 Å². The average molecular weight is 231 g/mol. The van der Waals surface area contributed by atoms with Gasteiger partial charge in [-0.15, -0.1) is 12.3 Å². The lowest BCUT2D eigenvalue weighted by Gasteiger charge is -2.30. The molecule has 0 aromatic heterocycles. The van der Waals surface area contributed by atoms with Gasteiger partial charge < -0.3 is 4.74 Å². The third-order valence-corrected chi connectivity index (χ3v) is 3.74. The molecule has 1 heterocycles. The summed E-state index contributed by atoms with van der Waals surface area (Å²) in [5.41, 5.74) is -0.0577. The van der Waals surface area contributed by atoms with Crippen LogP contribution in [-0.2, 0) is 4.74 Å². The number of nitrogens with zero attached hydrogens (tertiary/aromatic N) is 1. The molecule has 1 aliphatic carbocycles. The Morgan fingerprint density at radius 1 is 1.59 bits per heavy atom. The number of rotatable bonds is 2. The quantitative estimate of drug-likeness (QED) is 0.529. The monoisotopic (exact) mass is 231 g/mol. The lowest BCUT2D eigenvalue weighted by atomic mass is 9.75. The molecule has 2 heteroatoms. The van der Waals surface area contributed by atoms with Crippen molar-refractivity contribution in [2.75, 3.05) is 6.61 Å². The van der Waals surface area contributed by atoms with Crippen molar-refractivity contribution in [2.45, 2.75) is 39.2 Å². The Labute approximate surface area is 104 Å². The Balaban J connectivity index is 2.13. The van der Waals surface area contributed by atoms with Gasteiger partial charge in [0, 0.05) is 12.3 Å². The first-order valence-corrected chi connectivity index (χ1v) is 6.36. The summed E-state index contributed by atoms with van der Waals surface area (Å²) in [6.45, 7) is 7.19. The fourth-order valence-electron chi connectivity index (χ4n) is 2.61. The Morgan fingerprint density at radius 3 is 2.94 bits per heavy atom. The van der Waals surface area contributed by atoms with E-state index in [1.807, 2.05) is 0 Å². The molecule has 0 radical (unpaired) electrons. The second-order valence-corrected chi connectivity index (χ2v) is 5.75. The van der Waals surface area contributed by atoms with Gasteiger partial charge in [-0.05, 0) is 32.1 Å². The van der Waals surface area contributed by atoms with Gasteiger partial charge in [0.25, 0.3) is 0 Å². The Bertz CT molecular complexity index is 386. The lowest BCUT2D eigenvalue weighted by Crippen LogP contribution is -2.29. The third-order valence-electron chi connectivity index (χ3n) is 3.74. The van der Waals surface area contributed by atoms with Crippen LogP contribution < -0.4 is 0 Å². The second kappa shape index (κ2) is 4.56. The van der Waals surface area contributed by atoms with Crippen molar-refractivity contribution in [2.24, 2.45) is 22.7 Å². The van der Waals surface area contributed by atoms with Crippen LogP contribution in [0.3, 0.4) is 0 Å². The van der Waals surface area contributed by atoms with Crippen molar-refractivity contribution < 1.29 is 4.74 Å². The maximum absolute atomic E-state index is 5.77. The molecule has 0 spiro atoms. The van der Waals surface area contributed by atoms with Crippen LogP contribution >= 0.6 is 0 Å². The van der Waals surface area contributed by atoms with Gasteiger partial charge in [-0.2, -0.15) is 0 Å². The van der Waals surface area contributed by atoms with Crippen LogP contribution in [0.2, 0.25) is 0 Å². The first kappa shape index (κ1) is 12.2. The molecule has 1 aliphatic heterocycles. The van der Waals surface area contributed by atoms with Gasteiger partial charge in [0.15, 0.2) is 5.90 Å². The van der Waals surface area contributed by atoms with Crippen molar-refractivity contribution >= 4 is 5.90 Å². The Hall–Kier alpha value is -1.23. The molecular weight excluding hydrogens is 210 g/mol. The molecule has 0 aromatic carbocycles. The fourth-order valence-corrected chi connectivity index (χ4v) is 2.61. The largest absolute Gasteiger partial charge is 0.478 e. The van der Waals surface area contributed by atoms with Crippen LogP contribution in [0.1, 0.15) is 33.6 Å². The SMILES string of the molecule is C#CC[C@@H]1C=CCC(C2=NC(C)(C)CO2)[C@H]1C. The number of ether oxygens (including phenoxy) is 1. The summed E-state index contributed by atoms with van der Waals surface area (Å²) in [6.07, 6.45) is 11.7. The summed E-state index contributed by atoms with van der Waals surface area (Å²) in [5, 5.41) is 0. The van der Waals surface area contributed by atoms with Crippen molar-refractivity contribution in [3.63, 3.8) is 0 Å². The normalized spacial score (nSPS) is 34.9. The van der Waals surface area contributed by atoms with Crippen molar-refractivity contribution in [3.8, 4) is 12.3 Å². The number of hydrogen-bond donors (Lipinski definition) is 0. The van der Waals surface area contributed by atoms with Gasteiger partial charge in [0.2, 0.25) is 0 Å². The van der Waals surface area contributed by atoms with E-state index in [0.717, 1.165) is 18.7 Å². The zero-order valence-electron chi connectivity index (χ0n) is 10.9. The van der Waals surface area contributed by atoms with E-state index in [-0.39, 0.29) is 5.54 Å². The maximum Gasteiger partial charge on any atom is 0.187 e. The van der Waals surface area contributed by atoms with E-state index in [4.69, 9.17) is 16.2 Å². The minimum atomic E-state index is -0.0577. The first-order chi connectivity index (χ1) is 8.03. The van der Waals surface area contributed by atoms with Gasteiger partial charge in [-0.25, -0.2) is 4.99 Å². The highest BCUT2D eigenvalue weighted by Gasteiger charge is 2.36. The van der Waals surface area contributed by atoms with Gasteiger partial charge in [-0.1, -0.05) is 19.1 Å². The number of terminal acetylenes is 1. The number of allylic oxidation sites excluding steroid dienone is 2. The fraction of sp³-hybridized carbons (Fsp3) is 0.667. The maximum atomic E-state index is 5.77. The zero-order valence-corrected chi connectivity index (χ0v) is 10.9. The van der Waals surface area contributed by atoms with E-state index >= 15 is 0 Å². The Kier molecular flexibility index (Phi) is 3.28. The van der Waals surface area contributed by atoms with Crippen LogP contribution in [0.15, 0.2) is 17.1 Å². The smallest absolute Gasteiger partial charge is 0.187 e. The predicted molar refractivity (Wildman–Crippen MR) is 70.8 cm³/mol. The molecule has 17 heavy (non-hydrogen) atoms. The van der Waals surface area contributed by atoms with Crippen molar-refractivity contribution in [1.82, 2.24) is 0 Å². The molecule has 92 valence electrons. The molecule has 0 amide bonds. The molecular formula is C15H21NO. The molecule has 2 rings (SSSR count). The predicted octanol–water partition coefficient (Wildman–Crippen LogP) is 3.05. The van der Waals surface area contributed by atoms with E-state index in [2.05, 4.69) is 38.8 Å². The molecule has 2 nitrogen and oxygen atoms in total. The minimum Gasteiger partial charge on any atom is -0.478 e. The summed E-state index contributed by atoms with van der Waals surface area (Å²) in [7, 11) is 0. The Morgan fingerprint density at radius 2 is 2.35 bits per heavy atom. The molecule has 0 fully saturated rings. The van der Waals surface area contributed by atoms with E-state index < -0.39 is 0 Å². The molecule has 0 saturated carbocycles. The standard InChI is InChI=1S/C15H21NO/c1-5-7-12-8-6-9-13(11(12)2)14-16-15(3,4)10-17-14/h1,6,8,11-13H,7,9-10H2,2-4H3/t11-,12+,13?/m0/s1. The number of aliphatic imine (C=N–C) groups is 1. The highest BCUT2D eigenvalue weighted by Crippen LogP contribution is 2.35. The lowest BCUT2D eigenvalue weighted by molar-refractivity contribution is 0.239. The summed E-state index contributed by atoms with van der Waals surface area (Å²) < 4.78 is 5.77. The first-order valence-electron chi connectivity index (χ1n) is 6.36. The molecule has 0 aromatic rings. The average Bonchev–Trinajstić information content (AvgIpc) is 2.62. The van der Waals surface area contributed by atoms with Gasteiger partial charge in [-0.3, -0.25) is 0 Å². The highest BCUT2D eigenvalue weighted by molar-refractivity contribution is 5.81. The highest BCUT2D eigenvalue weighted by atomic mass is 16.5. The minimum absolute atomic E-state index is 0.0577. The van der Waals surface area contributed by atoms with Crippen molar-refractivity contribution in [3.05, 3.63) is 12.2 Å². The summed E-state index contributed by atoms with van der Waals surface area (Å²) in [4.78, 5) is 4.70. The number of hydrogen-bond acceptors (Lipinski definition) is 2. The van der Waals surface area contributed by atoms with Crippen molar-refractivity contribution in [1.29, 1.82) is 0 Å². The molecule has 0 N–H and O–H groups in total. The summed E-state index contributed by atoms with van der Waals surface area (Å²) in [5.74, 6) is 5.09. The van der Waals surface area contributed by atoms with Crippen LogP contribution in [-0.4, -0.2) is 18.0 Å². The third kappa shape index (κ3) is 2.54. The summed E-state index contributed by atoms with van der Waals surface area (Å²) in [6, 6.07) is 0. The van der Waals surface area contributed by atoms with Gasteiger partial charge >= 0.3 is 0 Å². The van der Waals surface area contributed by atoms with E-state index in [0.29, 0.717) is 24.4 Å². The molecule has 2 aliphatic rings. The van der Waals surface area contributed by atoms with Crippen LogP contribution in [0, 0.1) is 30.1 Å². The zero-order chi connectivity index (χ0) is 12.5. The van der Waals surface area contributed by atoms with Gasteiger partial charge in [0.1, 0.15) is 6.61 Å². The second-order valence-electron chi connectivity index (χ2n) is 5.75. The van der Waals surface area contributed by atoms with Crippen LogP contribution in [0.25, 0.3) is 0 Å². The van der Waals surface area contributed by atoms with Crippen LogP contribution in [0.4, 0.5) is 0 Å². The molecule has 3 atom stereocenters. The van der Waals surface area contributed by atoms with E-state index in [1.165, 1.54) is 0 Å². The topological polar surface area (TPSA) is 21.6 Å². The molecule has 0 bridgehead atoms. The van der Waals surface area contributed by atoms with Crippen LogP contribution in [0.5, 0.6) is 0 Å².